The van der Waals surface area contributed by atoms with Crippen LogP contribution in [0.5, 0.6) is 6.01 Å². The van der Waals surface area contributed by atoms with Gasteiger partial charge in [0.05, 0.1) is 25.0 Å². The molecule has 1 atom stereocenters. The van der Waals surface area contributed by atoms with Crippen LogP contribution in [-0.2, 0) is 30.7 Å². The molecular formula is C29H45N7O6S. The Hall–Kier alpha value is -3.20. The Morgan fingerprint density at radius 2 is 1.91 bits per heavy atom. The van der Waals surface area contributed by atoms with Gasteiger partial charge in [-0.2, -0.15) is 14.3 Å². The number of hydrogen-bond donors (Lipinski definition) is 2. The second-order valence-corrected chi connectivity index (χ2v) is 12.7. The number of sulfonamides is 1. The van der Waals surface area contributed by atoms with Gasteiger partial charge in [0.1, 0.15) is 5.69 Å². The maximum atomic E-state index is 13.8. The maximum Gasteiger partial charge on any atom is 0.320 e. The number of esters is 1. The number of benzene rings is 1. The molecule has 0 amide bonds. The second kappa shape index (κ2) is 15.5. The molecule has 3 heterocycles. The van der Waals surface area contributed by atoms with Gasteiger partial charge < -0.3 is 35.1 Å². The monoisotopic (exact) mass is 619 g/mol. The van der Waals surface area contributed by atoms with Crippen LogP contribution in [-0.4, -0.2) is 100 Å². The van der Waals surface area contributed by atoms with Gasteiger partial charge in [-0.05, 0) is 62.9 Å². The predicted octanol–water partition coefficient (Wildman–Crippen LogP) is 2.68. The van der Waals surface area contributed by atoms with Crippen molar-refractivity contribution in [2.45, 2.75) is 63.1 Å². The molecule has 13 nitrogen and oxygen atoms in total. The molecular weight excluding hydrogens is 574 g/mol. The Kier molecular flexibility index (Phi) is 11.8. The molecule has 0 radical (unpaired) electrons. The third kappa shape index (κ3) is 8.46. The number of hydrogen-bond acceptors (Lipinski definition) is 12. The zero-order valence-electron chi connectivity index (χ0n) is 25.5. The van der Waals surface area contributed by atoms with Crippen molar-refractivity contribution in [2.75, 3.05) is 76.0 Å². The number of unbranched alkanes of at least 4 members (excludes halogenated alkanes) is 2. The average molecular weight is 620 g/mol. The van der Waals surface area contributed by atoms with Gasteiger partial charge in [0.25, 0.3) is 0 Å². The minimum absolute atomic E-state index is 0.0130. The summed E-state index contributed by atoms with van der Waals surface area (Å²) in [5, 5.41) is 3.22. The van der Waals surface area contributed by atoms with E-state index in [1.807, 2.05) is 4.90 Å². The van der Waals surface area contributed by atoms with Gasteiger partial charge in [0.2, 0.25) is 16.4 Å². The van der Waals surface area contributed by atoms with Crippen LogP contribution in [0.3, 0.4) is 0 Å². The van der Waals surface area contributed by atoms with Crippen molar-refractivity contribution in [1.29, 1.82) is 0 Å². The molecule has 0 aliphatic carbocycles. The smallest absolute Gasteiger partial charge is 0.320 e. The van der Waals surface area contributed by atoms with Crippen LogP contribution in [0.25, 0.3) is 0 Å². The van der Waals surface area contributed by atoms with Gasteiger partial charge in [-0.1, -0.05) is 25.5 Å². The number of carbonyl (C=O) groups is 1. The van der Waals surface area contributed by atoms with Gasteiger partial charge in [-0.15, -0.1) is 0 Å². The van der Waals surface area contributed by atoms with Gasteiger partial charge >= 0.3 is 12.0 Å². The molecule has 2 aromatic rings. The molecule has 3 N–H and O–H groups in total. The van der Waals surface area contributed by atoms with E-state index in [1.165, 1.54) is 7.11 Å². The van der Waals surface area contributed by atoms with Gasteiger partial charge in [-0.3, -0.25) is 4.79 Å². The lowest BCUT2D eigenvalue weighted by Gasteiger charge is -2.27. The van der Waals surface area contributed by atoms with Gasteiger partial charge in [-0.25, -0.2) is 8.42 Å². The summed E-state index contributed by atoms with van der Waals surface area (Å²) in [6.45, 7) is 6.52. The van der Waals surface area contributed by atoms with E-state index in [2.05, 4.69) is 27.1 Å². The van der Waals surface area contributed by atoms with Crippen LogP contribution in [0.15, 0.2) is 29.2 Å². The summed E-state index contributed by atoms with van der Waals surface area (Å²) in [6, 6.07) is 6.77. The normalized spacial score (nSPS) is 16.8. The highest BCUT2D eigenvalue weighted by Gasteiger charge is 2.33. The lowest BCUT2D eigenvalue weighted by Crippen LogP contribution is -2.40. The molecule has 2 aliphatic rings. The molecule has 0 saturated carbocycles. The molecule has 4 rings (SSSR count). The quantitative estimate of drug-likeness (QED) is 0.198. The Balaban J connectivity index is 1.44. The second-order valence-electron chi connectivity index (χ2n) is 10.8. The number of ether oxygens (including phenoxy) is 3. The summed E-state index contributed by atoms with van der Waals surface area (Å²) in [7, 11) is -0.880. The maximum absolute atomic E-state index is 13.8. The van der Waals surface area contributed by atoms with Gasteiger partial charge in [0.15, 0.2) is 11.6 Å². The molecule has 0 spiro atoms. The Morgan fingerprint density at radius 3 is 2.63 bits per heavy atom. The number of rotatable bonds is 17. The number of likely N-dealkylation sites (tertiary alicyclic amines) is 1. The topological polar surface area (TPSA) is 152 Å². The summed E-state index contributed by atoms with van der Waals surface area (Å²) < 4.78 is 45.4. The largest absolute Gasteiger partial charge is 0.469 e. The number of methoxy groups -OCH3 is 2. The molecule has 238 valence electrons. The Bertz CT molecular complexity index is 1320. The minimum atomic E-state index is -3.79. The van der Waals surface area contributed by atoms with E-state index in [0.717, 1.165) is 38.8 Å². The third-order valence-electron chi connectivity index (χ3n) is 7.71. The molecule has 0 bridgehead atoms. The van der Waals surface area contributed by atoms with Crippen molar-refractivity contribution < 1.29 is 27.4 Å². The number of fused-ring (bicyclic) bond motifs is 1. The first-order chi connectivity index (χ1) is 20.8. The first-order valence-corrected chi connectivity index (χ1v) is 16.4. The number of aromatic nitrogens is 2. The van der Waals surface area contributed by atoms with Crippen molar-refractivity contribution in [3.05, 3.63) is 29.8 Å². The first-order valence-electron chi connectivity index (χ1n) is 15.0. The summed E-state index contributed by atoms with van der Waals surface area (Å²) in [6.07, 6.45) is 4.96. The van der Waals surface area contributed by atoms with Crippen LogP contribution in [0.4, 0.5) is 17.3 Å². The number of nitrogen functional groups attached to an aromatic ring is 1. The SMILES string of the molecule is CCCCOc1nc(N)c2c(n1)N(CCCCN(CCN1CCCC1)S(=O)(=O)c1cccc(CC(=O)OC)c1)C(OC)N2. The van der Waals surface area contributed by atoms with E-state index in [0.29, 0.717) is 62.7 Å². The van der Waals surface area contributed by atoms with Crippen LogP contribution in [0.1, 0.15) is 51.0 Å². The zero-order chi connectivity index (χ0) is 30.8. The fourth-order valence-electron chi connectivity index (χ4n) is 5.27. The molecule has 2 aliphatic heterocycles. The zero-order valence-corrected chi connectivity index (χ0v) is 26.3. The number of nitrogens with two attached hydrogens (primary N) is 1. The number of nitrogens with zero attached hydrogens (tertiary/aromatic N) is 5. The van der Waals surface area contributed by atoms with Crippen molar-refractivity contribution in [2.24, 2.45) is 0 Å². The molecule has 1 aromatic heterocycles. The van der Waals surface area contributed by atoms with E-state index in [1.54, 1.807) is 35.7 Å². The minimum Gasteiger partial charge on any atom is -0.469 e. The summed E-state index contributed by atoms with van der Waals surface area (Å²) >= 11 is 0. The van der Waals surface area contributed by atoms with Crippen molar-refractivity contribution in [3.8, 4) is 6.01 Å². The van der Waals surface area contributed by atoms with Crippen LogP contribution in [0.2, 0.25) is 0 Å². The Labute approximate surface area is 254 Å². The molecule has 1 unspecified atom stereocenters. The number of nitrogens with one attached hydrogen (secondary N) is 1. The number of anilines is 3. The van der Waals surface area contributed by atoms with Crippen molar-refractivity contribution in [3.63, 3.8) is 0 Å². The predicted molar refractivity (Wildman–Crippen MR) is 164 cm³/mol. The standard InChI is InChI=1S/C29H45N7O6S/c1-4-5-19-42-28-32-26(30)25-27(33-28)36(29(31-25)41-3)16-9-8-15-35(18-17-34-13-6-7-14-34)43(38,39)23-12-10-11-22(20-23)21-24(37)40-2/h10-12,20,29,31H,4-9,13-19,21H2,1-3H3,(H2,30,32,33). The van der Waals surface area contributed by atoms with E-state index < -0.39 is 22.3 Å². The van der Waals surface area contributed by atoms with E-state index >= 15 is 0 Å². The van der Waals surface area contributed by atoms with E-state index in [4.69, 9.17) is 19.9 Å². The highest BCUT2D eigenvalue weighted by Crippen LogP contribution is 2.38. The fraction of sp³-hybridized carbons (Fsp3) is 0.621. The fourth-order valence-corrected chi connectivity index (χ4v) is 6.81. The van der Waals surface area contributed by atoms with Crippen LogP contribution < -0.4 is 20.7 Å². The van der Waals surface area contributed by atoms with E-state index in [-0.39, 0.29) is 23.1 Å². The molecule has 1 fully saturated rings. The molecule has 1 aromatic carbocycles. The highest BCUT2D eigenvalue weighted by molar-refractivity contribution is 7.89. The molecule has 43 heavy (non-hydrogen) atoms. The highest BCUT2D eigenvalue weighted by atomic mass is 32.2. The van der Waals surface area contributed by atoms with Crippen LogP contribution >= 0.6 is 0 Å². The third-order valence-corrected chi connectivity index (χ3v) is 9.60. The van der Waals surface area contributed by atoms with Gasteiger partial charge in [0, 0.05) is 33.3 Å². The summed E-state index contributed by atoms with van der Waals surface area (Å²) in [5.41, 5.74) is 7.39. The average Bonchev–Trinajstić information content (AvgIpc) is 3.65. The van der Waals surface area contributed by atoms with Crippen molar-refractivity contribution in [1.82, 2.24) is 19.2 Å². The Morgan fingerprint density at radius 1 is 1.12 bits per heavy atom. The molecule has 14 heteroatoms. The van der Waals surface area contributed by atoms with Crippen LogP contribution in [0, 0.1) is 0 Å². The lowest BCUT2D eigenvalue weighted by molar-refractivity contribution is -0.139. The molecule has 1 saturated heterocycles. The first kappa shape index (κ1) is 32.7. The van der Waals surface area contributed by atoms with E-state index in [9.17, 15) is 13.2 Å². The summed E-state index contributed by atoms with van der Waals surface area (Å²) in [4.78, 5) is 25.1. The number of carbonyl (C=O) groups excluding carboxylic acids is 1. The summed E-state index contributed by atoms with van der Waals surface area (Å²) in [5.74, 6) is 0.473. The lowest BCUT2D eigenvalue weighted by atomic mass is 10.1. The van der Waals surface area contributed by atoms with Crippen molar-refractivity contribution >= 4 is 33.3 Å².